The number of methoxy groups -OCH3 is 3. The van der Waals surface area contributed by atoms with E-state index in [4.69, 9.17) is 24.7 Å². The summed E-state index contributed by atoms with van der Waals surface area (Å²) in [6.45, 7) is 0.731. The standard InChI is InChI=1S/C14H21NO4/c1-16-11-7-9(8-12(17-2)14(11)18-3)13-10(15)5-4-6-19-13/h7-8,10,13H,4-6,15H2,1-3H3. The summed E-state index contributed by atoms with van der Waals surface area (Å²) in [5.41, 5.74) is 7.09. The van der Waals surface area contributed by atoms with Gasteiger partial charge in [0.25, 0.3) is 0 Å². The van der Waals surface area contributed by atoms with Crippen LogP contribution < -0.4 is 19.9 Å². The van der Waals surface area contributed by atoms with Crippen LogP contribution in [0.2, 0.25) is 0 Å². The average molecular weight is 267 g/mol. The highest BCUT2D eigenvalue weighted by atomic mass is 16.5. The van der Waals surface area contributed by atoms with E-state index < -0.39 is 0 Å². The van der Waals surface area contributed by atoms with E-state index in [1.165, 1.54) is 0 Å². The molecule has 1 aliphatic heterocycles. The van der Waals surface area contributed by atoms with Gasteiger partial charge in [0.1, 0.15) is 0 Å². The van der Waals surface area contributed by atoms with Crippen LogP contribution in [-0.4, -0.2) is 34.0 Å². The Morgan fingerprint density at radius 2 is 1.74 bits per heavy atom. The summed E-state index contributed by atoms with van der Waals surface area (Å²) in [5, 5.41) is 0. The molecule has 0 bridgehead atoms. The first-order valence-corrected chi connectivity index (χ1v) is 6.38. The van der Waals surface area contributed by atoms with Crippen molar-refractivity contribution in [2.75, 3.05) is 27.9 Å². The smallest absolute Gasteiger partial charge is 0.203 e. The average Bonchev–Trinajstić information content (AvgIpc) is 2.46. The molecule has 0 spiro atoms. The van der Waals surface area contributed by atoms with Crippen LogP contribution in [0.25, 0.3) is 0 Å². The molecule has 0 radical (unpaired) electrons. The van der Waals surface area contributed by atoms with Crippen molar-refractivity contribution >= 4 is 0 Å². The summed E-state index contributed by atoms with van der Waals surface area (Å²) < 4.78 is 21.8. The van der Waals surface area contributed by atoms with Crippen molar-refractivity contribution < 1.29 is 18.9 Å². The molecule has 1 aromatic rings. The molecule has 2 unspecified atom stereocenters. The summed E-state index contributed by atoms with van der Waals surface area (Å²) in [5.74, 6) is 1.83. The monoisotopic (exact) mass is 267 g/mol. The minimum atomic E-state index is -0.123. The van der Waals surface area contributed by atoms with Crippen molar-refractivity contribution in [3.63, 3.8) is 0 Å². The fourth-order valence-electron chi connectivity index (χ4n) is 2.41. The molecule has 0 saturated carbocycles. The van der Waals surface area contributed by atoms with E-state index in [2.05, 4.69) is 0 Å². The Hall–Kier alpha value is -1.46. The van der Waals surface area contributed by atoms with Crippen molar-refractivity contribution in [3.05, 3.63) is 17.7 Å². The molecule has 5 heteroatoms. The van der Waals surface area contributed by atoms with Crippen LogP contribution >= 0.6 is 0 Å². The van der Waals surface area contributed by atoms with Gasteiger partial charge in [-0.2, -0.15) is 0 Å². The highest BCUT2D eigenvalue weighted by Crippen LogP contribution is 2.41. The van der Waals surface area contributed by atoms with E-state index in [0.29, 0.717) is 17.2 Å². The van der Waals surface area contributed by atoms with Gasteiger partial charge in [-0.05, 0) is 30.5 Å². The molecule has 2 rings (SSSR count). The maximum absolute atomic E-state index is 6.13. The summed E-state index contributed by atoms with van der Waals surface area (Å²) in [6.07, 6.45) is 1.84. The third kappa shape index (κ3) is 2.77. The number of hydrogen-bond acceptors (Lipinski definition) is 5. The van der Waals surface area contributed by atoms with Crippen molar-refractivity contribution in [1.29, 1.82) is 0 Å². The lowest BCUT2D eigenvalue weighted by atomic mass is 9.96. The van der Waals surface area contributed by atoms with Crippen LogP contribution in [0.4, 0.5) is 0 Å². The Balaban J connectivity index is 2.40. The molecule has 106 valence electrons. The normalized spacial score (nSPS) is 22.9. The Labute approximate surface area is 113 Å². The quantitative estimate of drug-likeness (QED) is 0.902. The van der Waals surface area contributed by atoms with Crippen LogP contribution in [0.5, 0.6) is 17.2 Å². The SMILES string of the molecule is COc1cc(C2OCCCC2N)cc(OC)c1OC. The van der Waals surface area contributed by atoms with Crippen LogP contribution in [0.1, 0.15) is 24.5 Å². The molecular weight excluding hydrogens is 246 g/mol. The molecule has 0 aromatic heterocycles. The van der Waals surface area contributed by atoms with E-state index in [-0.39, 0.29) is 12.1 Å². The Morgan fingerprint density at radius 3 is 2.21 bits per heavy atom. The van der Waals surface area contributed by atoms with E-state index in [1.54, 1.807) is 21.3 Å². The third-order valence-electron chi connectivity index (χ3n) is 3.38. The van der Waals surface area contributed by atoms with Crippen LogP contribution in [-0.2, 0) is 4.74 Å². The van der Waals surface area contributed by atoms with Crippen molar-refractivity contribution in [1.82, 2.24) is 0 Å². The largest absolute Gasteiger partial charge is 0.493 e. The molecule has 1 fully saturated rings. The van der Waals surface area contributed by atoms with Gasteiger partial charge in [-0.15, -0.1) is 0 Å². The molecule has 0 amide bonds. The number of nitrogens with two attached hydrogens (primary N) is 1. The second-order valence-corrected chi connectivity index (χ2v) is 4.56. The summed E-state index contributed by atoms with van der Waals surface area (Å²) in [6, 6.07) is 3.80. The van der Waals surface area contributed by atoms with Crippen LogP contribution in [0.3, 0.4) is 0 Å². The zero-order valence-electron chi connectivity index (χ0n) is 11.6. The maximum Gasteiger partial charge on any atom is 0.203 e. The molecule has 2 N–H and O–H groups in total. The molecule has 19 heavy (non-hydrogen) atoms. The first-order chi connectivity index (χ1) is 9.21. The van der Waals surface area contributed by atoms with Gasteiger partial charge in [-0.1, -0.05) is 0 Å². The highest BCUT2D eigenvalue weighted by molar-refractivity contribution is 5.54. The summed E-state index contributed by atoms with van der Waals surface area (Å²) in [7, 11) is 4.79. The first-order valence-electron chi connectivity index (χ1n) is 6.38. The van der Waals surface area contributed by atoms with Crippen LogP contribution in [0, 0.1) is 0 Å². The Kier molecular flexibility index (Phi) is 4.50. The lowest BCUT2D eigenvalue weighted by Gasteiger charge is -2.30. The molecule has 1 saturated heterocycles. The Morgan fingerprint density at radius 1 is 1.11 bits per heavy atom. The lowest BCUT2D eigenvalue weighted by Crippen LogP contribution is -2.34. The van der Waals surface area contributed by atoms with Gasteiger partial charge in [-0.3, -0.25) is 0 Å². The first kappa shape index (κ1) is 14.0. The van der Waals surface area contributed by atoms with Gasteiger partial charge in [0.15, 0.2) is 11.5 Å². The number of benzene rings is 1. The topological polar surface area (TPSA) is 62.9 Å². The number of ether oxygens (including phenoxy) is 4. The fourth-order valence-corrected chi connectivity index (χ4v) is 2.41. The summed E-state index contributed by atoms with van der Waals surface area (Å²) in [4.78, 5) is 0. The molecular formula is C14H21NO4. The van der Waals surface area contributed by atoms with Crippen LogP contribution in [0.15, 0.2) is 12.1 Å². The van der Waals surface area contributed by atoms with Crippen molar-refractivity contribution in [2.45, 2.75) is 25.0 Å². The third-order valence-corrected chi connectivity index (χ3v) is 3.38. The summed E-state index contributed by atoms with van der Waals surface area (Å²) >= 11 is 0. The van der Waals surface area contributed by atoms with E-state index in [0.717, 1.165) is 25.0 Å². The van der Waals surface area contributed by atoms with E-state index >= 15 is 0 Å². The van der Waals surface area contributed by atoms with Gasteiger partial charge in [0.2, 0.25) is 5.75 Å². The van der Waals surface area contributed by atoms with Gasteiger partial charge >= 0.3 is 0 Å². The minimum Gasteiger partial charge on any atom is -0.493 e. The van der Waals surface area contributed by atoms with E-state index in [9.17, 15) is 0 Å². The fraction of sp³-hybridized carbons (Fsp3) is 0.571. The van der Waals surface area contributed by atoms with Gasteiger partial charge < -0.3 is 24.7 Å². The molecule has 1 aliphatic rings. The number of hydrogen-bond donors (Lipinski definition) is 1. The predicted octanol–water partition coefficient (Wildman–Crippen LogP) is 1.89. The zero-order chi connectivity index (χ0) is 13.8. The maximum atomic E-state index is 6.13. The molecule has 2 atom stereocenters. The second kappa shape index (κ2) is 6.12. The molecule has 5 nitrogen and oxygen atoms in total. The van der Waals surface area contributed by atoms with E-state index in [1.807, 2.05) is 12.1 Å². The second-order valence-electron chi connectivity index (χ2n) is 4.56. The molecule has 1 aromatic carbocycles. The number of rotatable bonds is 4. The predicted molar refractivity (Wildman–Crippen MR) is 72.0 cm³/mol. The van der Waals surface area contributed by atoms with Gasteiger partial charge in [0.05, 0.1) is 27.4 Å². The lowest BCUT2D eigenvalue weighted by molar-refractivity contribution is -0.000102. The minimum absolute atomic E-state index is 0.00319. The van der Waals surface area contributed by atoms with Crippen molar-refractivity contribution in [2.24, 2.45) is 5.73 Å². The van der Waals surface area contributed by atoms with Crippen molar-refractivity contribution in [3.8, 4) is 17.2 Å². The zero-order valence-corrected chi connectivity index (χ0v) is 11.6. The Bertz CT molecular complexity index is 410. The highest BCUT2D eigenvalue weighted by Gasteiger charge is 2.26. The molecule has 1 heterocycles. The van der Waals surface area contributed by atoms with Gasteiger partial charge in [0, 0.05) is 12.6 Å². The van der Waals surface area contributed by atoms with Gasteiger partial charge in [-0.25, -0.2) is 0 Å². The molecule has 0 aliphatic carbocycles.